The van der Waals surface area contributed by atoms with Crippen LogP contribution in [-0.4, -0.2) is 30.5 Å². The summed E-state index contributed by atoms with van der Waals surface area (Å²) in [5, 5.41) is 0. The molecular weight excluding hydrogens is 222 g/mol. The van der Waals surface area contributed by atoms with Gasteiger partial charge in [-0.2, -0.15) is 0 Å². The number of anilines is 1. The number of hydrogen-bond acceptors (Lipinski definition) is 2. The van der Waals surface area contributed by atoms with E-state index in [4.69, 9.17) is 5.73 Å². The number of hydrogen-bond donors (Lipinski definition) is 1. The van der Waals surface area contributed by atoms with Crippen LogP contribution in [0.1, 0.15) is 18.4 Å². The molecule has 0 amide bonds. The molecule has 0 unspecified atom stereocenters. The van der Waals surface area contributed by atoms with Crippen LogP contribution in [0.25, 0.3) is 0 Å². The second kappa shape index (κ2) is 5.00. The Balaban J connectivity index is 1.84. The predicted molar refractivity (Wildman–Crippen MR) is 65.2 cm³/mol. The number of benzene rings is 1. The number of likely N-dealkylation sites (tertiary alicyclic amines) is 1. The fourth-order valence-electron chi connectivity index (χ4n) is 2.21. The van der Waals surface area contributed by atoms with E-state index in [1.54, 1.807) is 0 Å². The van der Waals surface area contributed by atoms with Crippen molar-refractivity contribution in [3.05, 3.63) is 29.8 Å². The molecule has 1 saturated heterocycles. The lowest BCUT2D eigenvalue weighted by molar-refractivity contribution is -0.0635. The Morgan fingerprint density at radius 1 is 1.24 bits per heavy atom. The first-order valence-electron chi connectivity index (χ1n) is 6.00. The lowest BCUT2D eigenvalue weighted by Crippen LogP contribution is -2.43. The summed E-state index contributed by atoms with van der Waals surface area (Å²) in [4.78, 5) is 1.85. The Hall–Kier alpha value is -1.16. The summed E-state index contributed by atoms with van der Waals surface area (Å²) in [6.07, 6.45) is 1.43. The Bertz CT molecular complexity index is 362. The second-order valence-electron chi connectivity index (χ2n) is 4.73. The predicted octanol–water partition coefficient (Wildman–Crippen LogP) is 2.54. The number of halogens is 2. The van der Waals surface area contributed by atoms with Crippen molar-refractivity contribution in [1.82, 2.24) is 4.90 Å². The van der Waals surface area contributed by atoms with E-state index < -0.39 is 5.92 Å². The molecule has 0 aliphatic carbocycles. The Morgan fingerprint density at radius 2 is 1.94 bits per heavy atom. The fourth-order valence-corrected chi connectivity index (χ4v) is 2.21. The van der Waals surface area contributed by atoms with Gasteiger partial charge in [0, 0.05) is 18.7 Å². The Morgan fingerprint density at radius 3 is 2.59 bits per heavy atom. The Labute approximate surface area is 100 Å². The number of nitrogen functional groups attached to an aromatic ring is 1. The molecule has 0 atom stereocenters. The molecule has 1 aromatic rings. The molecule has 2 N–H and O–H groups in total. The van der Waals surface area contributed by atoms with E-state index in [-0.39, 0.29) is 13.0 Å². The minimum atomic E-state index is -2.50. The van der Waals surface area contributed by atoms with Crippen LogP contribution in [0, 0.1) is 0 Å². The van der Waals surface area contributed by atoms with Gasteiger partial charge in [-0.1, -0.05) is 12.1 Å². The van der Waals surface area contributed by atoms with Crippen molar-refractivity contribution in [3.8, 4) is 0 Å². The number of alkyl halides is 2. The molecule has 1 aliphatic heterocycles. The summed E-state index contributed by atoms with van der Waals surface area (Å²) in [5.41, 5.74) is 7.47. The molecular formula is C13H18F2N2. The standard InChI is InChI=1S/C13H18F2N2/c14-13(15)7-1-8-17(10-13)9-6-11-2-4-12(16)5-3-11/h2-5H,1,6-10,16H2. The summed E-state index contributed by atoms with van der Waals surface area (Å²) in [5.74, 6) is -2.50. The van der Waals surface area contributed by atoms with Gasteiger partial charge in [0.1, 0.15) is 0 Å². The van der Waals surface area contributed by atoms with E-state index in [2.05, 4.69) is 0 Å². The monoisotopic (exact) mass is 240 g/mol. The molecule has 1 aromatic carbocycles. The minimum absolute atomic E-state index is 0.0331. The largest absolute Gasteiger partial charge is 0.399 e. The minimum Gasteiger partial charge on any atom is -0.399 e. The molecule has 2 rings (SSSR count). The van der Waals surface area contributed by atoms with Gasteiger partial charge in [0.25, 0.3) is 5.92 Å². The highest BCUT2D eigenvalue weighted by Gasteiger charge is 2.34. The maximum Gasteiger partial charge on any atom is 0.260 e. The van der Waals surface area contributed by atoms with Crippen LogP contribution in [0.2, 0.25) is 0 Å². The van der Waals surface area contributed by atoms with Gasteiger partial charge < -0.3 is 5.73 Å². The van der Waals surface area contributed by atoms with Crippen LogP contribution in [0.5, 0.6) is 0 Å². The van der Waals surface area contributed by atoms with Crippen molar-refractivity contribution in [2.45, 2.75) is 25.2 Å². The van der Waals surface area contributed by atoms with E-state index in [0.29, 0.717) is 13.0 Å². The molecule has 4 heteroatoms. The van der Waals surface area contributed by atoms with Gasteiger partial charge in [0.05, 0.1) is 6.54 Å². The smallest absolute Gasteiger partial charge is 0.260 e. The van der Waals surface area contributed by atoms with Gasteiger partial charge in [-0.15, -0.1) is 0 Å². The molecule has 0 bridgehead atoms. The van der Waals surface area contributed by atoms with Crippen molar-refractivity contribution in [2.24, 2.45) is 0 Å². The number of nitrogens with two attached hydrogens (primary N) is 1. The normalized spacial score (nSPS) is 20.4. The highest BCUT2D eigenvalue weighted by Crippen LogP contribution is 2.26. The summed E-state index contributed by atoms with van der Waals surface area (Å²) in [6, 6.07) is 7.61. The SMILES string of the molecule is Nc1ccc(CCN2CCCC(F)(F)C2)cc1. The first-order chi connectivity index (χ1) is 8.05. The number of nitrogens with zero attached hydrogens (tertiary/aromatic N) is 1. The van der Waals surface area contributed by atoms with Crippen LogP contribution in [0.4, 0.5) is 14.5 Å². The molecule has 1 heterocycles. The molecule has 0 spiro atoms. The van der Waals surface area contributed by atoms with Gasteiger partial charge in [-0.25, -0.2) is 8.78 Å². The average Bonchev–Trinajstić information content (AvgIpc) is 2.27. The van der Waals surface area contributed by atoms with E-state index in [1.807, 2.05) is 29.2 Å². The summed E-state index contributed by atoms with van der Waals surface area (Å²) in [6.45, 7) is 1.38. The van der Waals surface area contributed by atoms with Crippen LogP contribution < -0.4 is 5.73 Å². The van der Waals surface area contributed by atoms with Crippen LogP contribution >= 0.6 is 0 Å². The quantitative estimate of drug-likeness (QED) is 0.823. The first-order valence-corrected chi connectivity index (χ1v) is 6.00. The maximum atomic E-state index is 13.2. The third kappa shape index (κ3) is 3.66. The molecule has 0 saturated carbocycles. The number of piperidine rings is 1. The summed E-state index contributed by atoms with van der Waals surface area (Å²) >= 11 is 0. The van der Waals surface area contributed by atoms with E-state index in [9.17, 15) is 8.78 Å². The summed E-state index contributed by atoms with van der Waals surface area (Å²) < 4.78 is 26.4. The topological polar surface area (TPSA) is 29.3 Å². The van der Waals surface area contributed by atoms with Gasteiger partial charge in [-0.05, 0) is 37.1 Å². The maximum absolute atomic E-state index is 13.2. The highest BCUT2D eigenvalue weighted by atomic mass is 19.3. The first kappa shape index (κ1) is 12.3. The van der Waals surface area contributed by atoms with Gasteiger partial charge >= 0.3 is 0 Å². The molecule has 1 aliphatic rings. The van der Waals surface area contributed by atoms with Crippen LogP contribution in [-0.2, 0) is 6.42 Å². The third-order valence-corrected chi connectivity index (χ3v) is 3.17. The molecule has 1 fully saturated rings. The zero-order chi connectivity index (χ0) is 12.3. The van der Waals surface area contributed by atoms with Crippen molar-refractivity contribution < 1.29 is 8.78 Å². The van der Waals surface area contributed by atoms with Gasteiger partial charge in [0.15, 0.2) is 0 Å². The van der Waals surface area contributed by atoms with Crippen LogP contribution in [0.3, 0.4) is 0 Å². The van der Waals surface area contributed by atoms with E-state index >= 15 is 0 Å². The average molecular weight is 240 g/mol. The van der Waals surface area contributed by atoms with E-state index in [1.165, 1.54) is 0 Å². The molecule has 94 valence electrons. The lowest BCUT2D eigenvalue weighted by Gasteiger charge is -2.32. The molecule has 0 aromatic heterocycles. The Kier molecular flexibility index (Phi) is 3.62. The van der Waals surface area contributed by atoms with Crippen molar-refractivity contribution >= 4 is 5.69 Å². The van der Waals surface area contributed by atoms with Crippen molar-refractivity contribution in [3.63, 3.8) is 0 Å². The third-order valence-electron chi connectivity index (χ3n) is 3.17. The number of rotatable bonds is 3. The molecule has 2 nitrogen and oxygen atoms in total. The fraction of sp³-hybridized carbons (Fsp3) is 0.538. The highest BCUT2D eigenvalue weighted by molar-refractivity contribution is 5.39. The molecule has 17 heavy (non-hydrogen) atoms. The van der Waals surface area contributed by atoms with Crippen LogP contribution in [0.15, 0.2) is 24.3 Å². The van der Waals surface area contributed by atoms with Crippen molar-refractivity contribution in [1.29, 1.82) is 0 Å². The van der Waals surface area contributed by atoms with Gasteiger partial charge in [-0.3, -0.25) is 4.90 Å². The van der Waals surface area contributed by atoms with E-state index in [0.717, 1.165) is 24.2 Å². The van der Waals surface area contributed by atoms with Gasteiger partial charge in [0.2, 0.25) is 0 Å². The zero-order valence-corrected chi connectivity index (χ0v) is 9.83. The van der Waals surface area contributed by atoms with Crippen molar-refractivity contribution in [2.75, 3.05) is 25.4 Å². The lowest BCUT2D eigenvalue weighted by atomic mass is 10.1. The second-order valence-corrected chi connectivity index (χ2v) is 4.73. The molecule has 0 radical (unpaired) electrons. The zero-order valence-electron chi connectivity index (χ0n) is 9.83. The summed E-state index contributed by atoms with van der Waals surface area (Å²) in [7, 11) is 0.